The number of nitro benzene ring substituents is 1. The van der Waals surface area contributed by atoms with Gasteiger partial charge in [0.15, 0.2) is 5.13 Å². The second-order valence-corrected chi connectivity index (χ2v) is 8.81. The summed E-state index contributed by atoms with van der Waals surface area (Å²) in [4.78, 5) is 27.7. The zero-order chi connectivity index (χ0) is 23.4. The number of nitro groups is 1. The molecule has 4 rings (SSSR count). The highest BCUT2D eigenvalue weighted by Gasteiger charge is 2.21. The number of rotatable bonds is 8. The van der Waals surface area contributed by atoms with Gasteiger partial charge in [-0.25, -0.2) is 4.98 Å². The minimum absolute atomic E-state index is 0.0242. The van der Waals surface area contributed by atoms with Crippen molar-refractivity contribution in [2.45, 2.75) is 17.3 Å². The van der Waals surface area contributed by atoms with E-state index in [1.807, 2.05) is 18.2 Å². The number of hydrogen-bond donors (Lipinski definition) is 1. The van der Waals surface area contributed by atoms with Gasteiger partial charge in [0.1, 0.15) is 11.4 Å². The molecule has 2 heterocycles. The zero-order valence-electron chi connectivity index (χ0n) is 17.4. The molecule has 1 N–H and O–H groups in total. The minimum Gasteiger partial charge on any atom is -0.494 e. The molecule has 0 spiro atoms. The van der Waals surface area contributed by atoms with E-state index in [0.717, 1.165) is 0 Å². The van der Waals surface area contributed by atoms with E-state index in [2.05, 4.69) is 25.8 Å². The predicted octanol–water partition coefficient (Wildman–Crippen LogP) is 3.82. The van der Waals surface area contributed by atoms with E-state index in [4.69, 9.17) is 4.74 Å². The summed E-state index contributed by atoms with van der Waals surface area (Å²) in [5.74, 6) is 0.315. The summed E-state index contributed by atoms with van der Waals surface area (Å²) in [6, 6.07) is 13.5. The molecule has 1 unspecified atom stereocenters. The fourth-order valence-corrected chi connectivity index (χ4v) is 4.39. The third-order valence-corrected chi connectivity index (χ3v) is 6.28. The van der Waals surface area contributed by atoms with Crippen LogP contribution in [0.5, 0.6) is 5.75 Å². The molecule has 1 amide bonds. The van der Waals surface area contributed by atoms with Crippen molar-refractivity contribution in [2.24, 2.45) is 0 Å². The summed E-state index contributed by atoms with van der Waals surface area (Å²) in [6.07, 6.45) is 0. The van der Waals surface area contributed by atoms with Crippen molar-refractivity contribution >= 4 is 39.8 Å². The summed E-state index contributed by atoms with van der Waals surface area (Å²) in [5.41, 5.74) is 1.77. The van der Waals surface area contributed by atoms with Crippen LogP contribution in [0.4, 0.5) is 10.8 Å². The van der Waals surface area contributed by atoms with Crippen molar-refractivity contribution < 1.29 is 14.5 Å². The molecule has 33 heavy (non-hydrogen) atoms. The summed E-state index contributed by atoms with van der Waals surface area (Å²) in [5, 5.41) is 27.5. The first-order valence-corrected chi connectivity index (χ1v) is 11.3. The van der Waals surface area contributed by atoms with Crippen molar-refractivity contribution in [3.63, 3.8) is 0 Å². The standard InChI is InChI=1S/C20H17N7O4S2/c1-12(33-20-23-24-25-26(20)16-8-3-4-9-17(16)31-2)18(28)22-19-21-15(11-32-19)13-6-5-7-14(10-13)27(29)30/h3-12H,1-2H3,(H,21,22,28). The largest absolute Gasteiger partial charge is 0.494 e. The van der Waals surface area contributed by atoms with Crippen LogP contribution in [0.3, 0.4) is 0 Å². The number of anilines is 1. The zero-order valence-corrected chi connectivity index (χ0v) is 19.0. The number of carbonyl (C=O) groups excluding carboxylic acids is 1. The first kappa shape index (κ1) is 22.4. The van der Waals surface area contributed by atoms with Crippen LogP contribution >= 0.6 is 23.1 Å². The van der Waals surface area contributed by atoms with Gasteiger partial charge >= 0.3 is 0 Å². The Morgan fingerprint density at radius 1 is 1.27 bits per heavy atom. The number of nitrogens with zero attached hydrogens (tertiary/aromatic N) is 6. The van der Waals surface area contributed by atoms with Gasteiger partial charge in [0.05, 0.1) is 23.0 Å². The van der Waals surface area contributed by atoms with E-state index in [1.165, 1.54) is 39.9 Å². The Labute approximate surface area is 196 Å². The molecule has 11 nitrogen and oxygen atoms in total. The van der Waals surface area contributed by atoms with Gasteiger partial charge in [0.2, 0.25) is 11.1 Å². The van der Waals surface area contributed by atoms with E-state index >= 15 is 0 Å². The number of aromatic nitrogens is 5. The van der Waals surface area contributed by atoms with Crippen LogP contribution in [0.2, 0.25) is 0 Å². The number of thiazole rings is 1. The second-order valence-electron chi connectivity index (χ2n) is 6.64. The van der Waals surface area contributed by atoms with E-state index in [9.17, 15) is 14.9 Å². The van der Waals surface area contributed by atoms with Gasteiger partial charge in [-0.1, -0.05) is 36.0 Å². The average molecular weight is 484 g/mol. The lowest BCUT2D eigenvalue weighted by molar-refractivity contribution is -0.384. The van der Waals surface area contributed by atoms with E-state index in [1.54, 1.807) is 37.6 Å². The van der Waals surface area contributed by atoms with Crippen LogP contribution < -0.4 is 10.1 Å². The number of para-hydroxylation sites is 2. The van der Waals surface area contributed by atoms with Crippen LogP contribution in [0.15, 0.2) is 59.1 Å². The third kappa shape index (κ3) is 4.99. The molecular formula is C20H17N7O4S2. The van der Waals surface area contributed by atoms with Crippen LogP contribution in [0.25, 0.3) is 16.9 Å². The second kappa shape index (κ2) is 9.75. The number of hydrogen-bond acceptors (Lipinski definition) is 10. The Hall–Kier alpha value is -3.84. The Balaban J connectivity index is 1.45. The first-order chi connectivity index (χ1) is 16.0. The average Bonchev–Trinajstić information content (AvgIpc) is 3.48. The Kier molecular flexibility index (Phi) is 6.60. The number of methoxy groups -OCH3 is 1. The molecule has 1 atom stereocenters. The molecule has 0 bridgehead atoms. The number of thioether (sulfide) groups is 1. The highest BCUT2D eigenvalue weighted by molar-refractivity contribution is 8.00. The quantitative estimate of drug-likeness (QED) is 0.225. The van der Waals surface area contributed by atoms with Gasteiger partial charge in [-0.3, -0.25) is 14.9 Å². The SMILES string of the molecule is COc1ccccc1-n1nnnc1SC(C)C(=O)Nc1nc(-c2cccc([N+](=O)[O-])c2)cs1. The fraction of sp³-hybridized carbons (Fsp3) is 0.150. The number of nitrogens with one attached hydrogen (secondary N) is 1. The number of ether oxygens (including phenoxy) is 1. The summed E-state index contributed by atoms with van der Waals surface area (Å²) < 4.78 is 6.88. The lowest BCUT2D eigenvalue weighted by atomic mass is 10.1. The minimum atomic E-state index is -0.533. The van der Waals surface area contributed by atoms with Crippen molar-refractivity contribution in [3.05, 3.63) is 64.0 Å². The molecule has 0 radical (unpaired) electrons. The van der Waals surface area contributed by atoms with Crippen LogP contribution in [0, 0.1) is 10.1 Å². The number of tetrazole rings is 1. The number of carbonyl (C=O) groups is 1. The highest BCUT2D eigenvalue weighted by atomic mass is 32.2. The summed E-state index contributed by atoms with van der Waals surface area (Å²) >= 11 is 2.42. The van der Waals surface area contributed by atoms with Crippen molar-refractivity contribution in [1.82, 2.24) is 25.2 Å². The van der Waals surface area contributed by atoms with Crippen LogP contribution in [-0.2, 0) is 4.79 Å². The van der Waals surface area contributed by atoms with Gasteiger partial charge in [-0.15, -0.1) is 16.4 Å². The monoisotopic (exact) mass is 483 g/mol. The molecule has 168 valence electrons. The number of non-ortho nitro benzene ring substituents is 1. The lowest BCUT2D eigenvalue weighted by Gasteiger charge is -2.12. The molecule has 0 aliphatic carbocycles. The molecular weight excluding hydrogens is 466 g/mol. The smallest absolute Gasteiger partial charge is 0.270 e. The maximum Gasteiger partial charge on any atom is 0.270 e. The highest BCUT2D eigenvalue weighted by Crippen LogP contribution is 2.30. The van der Waals surface area contributed by atoms with Crippen molar-refractivity contribution in [3.8, 4) is 22.7 Å². The Morgan fingerprint density at radius 2 is 2.09 bits per heavy atom. The van der Waals surface area contributed by atoms with Crippen LogP contribution in [-0.4, -0.2) is 48.4 Å². The van der Waals surface area contributed by atoms with Gasteiger partial charge in [0, 0.05) is 23.1 Å². The molecule has 4 aromatic rings. The number of benzene rings is 2. The fourth-order valence-electron chi connectivity index (χ4n) is 2.87. The Bertz CT molecular complexity index is 1310. The maximum atomic E-state index is 12.7. The number of amides is 1. The molecule has 0 fully saturated rings. The molecule has 0 saturated carbocycles. The topological polar surface area (TPSA) is 138 Å². The van der Waals surface area contributed by atoms with Gasteiger partial charge < -0.3 is 10.1 Å². The molecule has 13 heteroatoms. The normalized spacial score (nSPS) is 11.7. The predicted molar refractivity (Wildman–Crippen MR) is 124 cm³/mol. The van der Waals surface area contributed by atoms with Gasteiger partial charge in [-0.2, -0.15) is 4.68 Å². The molecule has 2 aromatic heterocycles. The van der Waals surface area contributed by atoms with Gasteiger partial charge in [-0.05, 0) is 29.5 Å². The first-order valence-electron chi connectivity index (χ1n) is 9.56. The van der Waals surface area contributed by atoms with E-state index < -0.39 is 10.2 Å². The van der Waals surface area contributed by atoms with E-state index in [-0.39, 0.29) is 11.6 Å². The molecule has 0 saturated heterocycles. The molecule has 2 aromatic carbocycles. The summed E-state index contributed by atoms with van der Waals surface area (Å²) in [6.45, 7) is 1.73. The van der Waals surface area contributed by atoms with Crippen molar-refractivity contribution in [1.29, 1.82) is 0 Å². The van der Waals surface area contributed by atoms with Gasteiger partial charge in [0.25, 0.3) is 5.69 Å². The summed E-state index contributed by atoms with van der Waals surface area (Å²) in [7, 11) is 1.56. The van der Waals surface area contributed by atoms with Crippen LogP contribution in [0.1, 0.15) is 6.92 Å². The maximum absolute atomic E-state index is 12.7. The third-order valence-electron chi connectivity index (χ3n) is 4.49. The molecule has 0 aliphatic rings. The molecule has 0 aliphatic heterocycles. The lowest BCUT2D eigenvalue weighted by Crippen LogP contribution is -2.22. The van der Waals surface area contributed by atoms with E-state index in [0.29, 0.717) is 33.0 Å². The Morgan fingerprint density at radius 3 is 2.88 bits per heavy atom. The van der Waals surface area contributed by atoms with Crippen molar-refractivity contribution in [2.75, 3.05) is 12.4 Å².